The molecule has 1 aromatic rings. The second kappa shape index (κ2) is 6.43. The van der Waals surface area contributed by atoms with Crippen LogP contribution in [0.1, 0.15) is 39.2 Å². The third-order valence-corrected chi connectivity index (χ3v) is 3.22. The molecule has 0 aliphatic carbocycles. The Labute approximate surface area is 109 Å². The molecule has 0 spiro atoms. The maximum atomic E-state index is 10.9. The lowest BCUT2D eigenvalue weighted by molar-refractivity contribution is -0.140. The molecule has 1 unspecified atom stereocenters. The van der Waals surface area contributed by atoms with Crippen molar-refractivity contribution in [3.63, 3.8) is 0 Å². The highest BCUT2D eigenvalue weighted by atomic mass is 16.4. The smallest absolute Gasteiger partial charge is 0.308 e. The molecule has 1 aromatic carbocycles. The van der Waals surface area contributed by atoms with Crippen molar-refractivity contribution in [1.29, 1.82) is 0 Å². The second-order valence-corrected chi connectivity index (χ2v) is 5.02. The summed E-state index contributed by atoms with van der Waals surface area (Å²) >= 11 is 0. The summed E-state index contributed by atoms with van der Waals surface area (Å²) < 4.78 is 0. The molecular formula is C15H23NO2. The van der Waals surface area contributed by atoms with Crippen LogP contribution in [-0.2, 0) is 4.79 Å². The molecule has 0 saturated heterocycles. The van der Waals surface area contributed by atoms with Gasteiger partial charge in [0, 0.05) is 18.8 Å². The average molecular weight is 249 g/mol. The Morgan fingerprint density at radius 1 is 1.22 bits per heavy atom. The Morgan fingerprint density at radius 3 is 2.17 bits per heavy atom. The van der Waals surface area contributed by atoms with Crippen molar-refractivity contribution in [1.82, 2.24) is 0 Å². The summed E-state index contributed by atoms with van der Waals surface area (Å²) in [6.07, 6.45) is 0. The van der Waals surface area contributed by atoms with Gasteiger partial charge in [-0.2, -0.15) is 0 Å². The van der Waals surface area contributed by atoms with Crippen LogP contribution in [0.2, 0.25) is 0 Å². The molecule has 3 heteroatoms. The molecule has 1 N–H and O–H groups in total. The summed E-state index contributed by atoms with van der Waals surface area (Å²) in [7, 11) is 0. The molecule has 18 heavy (non-hydrogen) atoms. The van der Waals surface area contributed by atoms with E-state index in [1.54, 1.807) is 6.92 Å². The number of aliphatic carboxylic acids is 1. The van der Waals surface area contributed by atoms with Gasteiger partial charge in [-0.3, -0.25) is 4.79 Å². The molecule has 0 bridgehead atoms. The van der Waals surface area contributed by atoms with E-state index in [0.29, 0.717) is 12.5 Å². The van der Waals surface area contributed by atoms with Crippen LogP contribution >= 0.6 is 0 Å². The topological polar surface area (TPSA) is 40.5 Å². The van der Waals surface area contributed by atoms with Crippen LogP contribution in [0.15, 0.2) is 24.3 Å². The van der Waals surface area contributed by atoms with Crippen molar-refractivity contribution in [3.05, 3.63) is 29.8 Å². The van der Waals surface area contributed by atoms with Gasteiger partial charge < -0.3 is 10.0 Å². The molecular weight excluding hydrogens is 226 g/mol. The molecule has 0 radical (unpaired) electrons. The third-order valence-electron chi connectivity index (χ3n) is 3.22. The molecule has 1 rings (SSSR count). The number of hydrogen-bond donors (Lipinski definition) is 1. The van der Waals surface area contributed by atoms with Gasteiger partial charge in [0.05, 0.1) is 5.92 Å². The van der Waals surface area contributed by atoms with Crippen molar-refractivity contribution < 1.29 is 9.90 Å². The number of benzene rings is 1. The van der Waals surface area contributed by atoms with E-state index >= 15 is 0 Å². The van der Waals surface area contributed by atoms with E-state index in [1.165, 1.54) is 5.56 Å². The summed E-state index contributed by atoms with van der Waals surface area (Å²) in [4.78, 5) is 13.0. The van der Waals surface area contributed by atoms with Crippen LogP contribution < -0.4 is 4.90 Å². The first kappa shape index (κ1) is 14.6. The summed E-state index contributed by atoms with van der Waals surface area (Å²) in [5.41, 5.74) is 2.40. The van der Waals surface area contributed by atoms with Crippen LogP contribution in [0.25, 0.3) is 0 Å². The molecule has 0 saturated carbocycles. The monoisotopic (exact) mass is 249 g/mol. The highest BCUT2D eigenvalue weighted by molar-refractivity contribution is 5.70. The summed E-state index contributed by atoms with van der Waals surface area (Å²) in [6.45, 7) is 9.49. The number of carboxylic acid groups (broad SMARTS) is 1. The summed E-state index contributed by atoms with van der Waals surface area (Å²) in [6, 6.07) is 8.39. The zero-order valence-electron chi connectivity index (χ0n) is 11.7. The summed E-state index contributed by atoms with van der Waals surface area (Å²) in [5, 5.41) is 8.96. The highest BCUT2D eigenvalue weighted by Crippen LogP contribution is 2.20. The molecule has 0 aliphatic heterocycles. The Morgan fingerprint density at radius 2 is 1.78 bits per heavy atom. The van der Waals surface area contributed by atoms with E-state index in [1.807, 2.05) is 6.92 Å². The van der Waals surface area contributed by atoms with Gasteiger partial charge in [-0.1, -0.05) is 32.9 Å². The standard InChI is InChI=1S/C15H23NO2/c1-5-16(10-12(4)15(17)18)14-8-6-13(7-9-14)11(2)3/h6-9,11-12H,5,10H2,1-4H3,(H,17,18). The van der Waals surface area contributed by atoms with Crippen molar-refractivity contribution in [3.8, 4) is 0 Å². The van der Waals surface area contributed by atoms with Crippen LogP contribution in [-0.4, -0.2) is 24.2 Å². The maximum Gasteiger partial charge on any atom is 0.308 e. The van der Waals surface area contributed by atoms with Crippen molar-refractivity contribution in [2.45, 2.75) is 33.6 Å². The first-order chi connectivity index (χ1) is 8.45. The molecule has 1 atom stereocenters. The molecule has 0 aliphatic rings. The van der Waals surface area contributed by atoms with E-state index in [9.17, 15) is 4.79 Å². The summed E-state index contributed by atoms with van der Waals surface area (Å²) in [5.74, 6) is -0.575. The molecule has 3 nitrogen and oxygen atoms in total. The van der Waals surface area contributed by atoms with Gasteiger partial charge in [0.2, 0.25) is 0 Å². The van der Waals surface area contributed by atoms with Gasteiger partial charge in [0.1, 0.15) is 0 Å². The lowest BCUT2D eigenvalue weighted by Gasteiger charge is -2.25. The SMILES string of the molecule is CCN(CC(C)C(=O)O)c1ccc(C(C)C)cc1. The van der Waals surface area contributed by atoms with Crippen LogP contribution in [0, 0.1) is 5.92 Å². The molecule has 0 heterocycles. The van der Waals surface area contributed by atoms with E-state index in [2.05, 4.69) is 43.0 Å². The van der Waals surface area contributed by atoms with Crippen molar-refractivity contribution in [2.75, 3.05) is 18.0 Å². The lowest BCUT2D eigenvalue weighted by atomic mass is 10.0. The lowest BCUT2D eigenvalue weighted by Crippen LogP contribution is -2.31. The van der Waals surface area contributed by atoms with Crippen molar-refractivity contribution in [2.24, 2.45) is 5.92 Å². The first-order valence-corrected chi connectivity index (χ1v) is 6.53. The van der Waals surface area contributed by atoms with E-state index in [4.69, 9.17) is 5.11 Å². The normalized spacial score (nSPS) is 12.5. The zero-order chi connectivity index (χ0) is 13.7. The van der Waals surface area contributed by atoms with E-state index < -0.39 is 5.97 Å². The number of carboxylic acids is 1. The Balaban J connectivity index is 2.79. The molecule has 0 amide bonds. The first-order valence-electron chi connectivity index (χ1n) is 6.53. The Bertz CT molecular complexity index is 384. The van der Waals surface area contributed by atoms with E-state index in [0.717, 1.165) is 12.2 Å². The molecule has 0 aromatic heterocycles. The largest absolute Gasteiger partial charge is 0.481 e. The predicted molar refractivity (Wildman–Crippen MR) is 75.2 cm³/mol. The van der Waals surface area contributed by atoms with Gasteiger partial charge in [-0.25, -0.2) is 0 Å². The van der Waals surface area contributed by atoms with Gasteiger partial charge in [0.15, 0.2) is 0 Å². The number of hydrogen-bond acceptors (Lipinski definition) is 2. The van der Waals surface area contributed by atoms with Gasteiger partial charge in [0.25, 0.3) is 0 Å². The number of carbonyl (C=O) groups is 1. The fourth-order valence-corrected chi connectivity index (χ4v) is 1.90. The average Bonchev–Trinajstić information content (AvgIpc) is 2.35. The fourth-order valence-electron chi connectivity index (χ4n) is 1.90. The number of rotatable bonds is 6. The quantitative estimate of drug-likeness (QED) is 0.840. The maximum absolute atomic E-state index is 10.9. The molecule has 100 valence electrons. The van der Waals surface area contributed by atoms with Gasteiger partial charge >= 0.3 is 5.97 Å². The molecule has 0 fully saturated rings. The third kappa shape index (κ3) is 3.76. The Kier molecular flexibility index (Phi) is 5.20. The second-order valence-electron chi connectivity index (χ2n) is 5.02. The van der Waals surface area contributed by atoms with Gasteiger partial charge in [-0.15, -0.1) is 0 Å². The number of nitrogens with zero attached hydrogens (tertiary/aromatic N) is 1. The van der Waals surface area contributed by atoms with Crippen molar-refractivity contribution >= 4 is 11.7 Å². The Hall–Kier alpha value is -1.51. The van der Waals surface area contributed by atoms with Crippen LogP contribution in [0.4, 0.5) is 5.69 Å². The van der Waals surface area contributed by atoms with Gasteiger partial charge in [-0.05, 0) is 30.5 Å². The van der Waals surface area contributed by atoms with Crippen LogP contribution in [0.5, 0.6) is 0 Å². The minimum Gasteiger partial charge on any atom is -0.481 e. The number of anilines is 1. The predicted octanol–water partition coefficient (Wildman–Crippen LogP) is 3.36. The minimum absolute atomic E-state index is 0.352. The highest BCUT2D eigenvalue weighted by Gasteiger charge is 2.15. The van der Waals surface area contributed by atoms with E-state index in [-0.39, 0.29) is 5.92 Å². The van der Waals surface area contributed by atoms with Crippen LogP contribution in [0.3, 0.4) is 0 Å². The fraction of sp³-hybridized carbons (Fsp3) is 0.533. The zero-order valence-corrected chi connectivity index (χ0v) is 11.7. The minimum atomic E-state index is -0.743.